The fourth-order valence-electron chi connectivity index (χ4n) is 1.87. The highest BCUT2D eigenvalue weighted by molar-refractivity contribution is 5.48. The molecule has 0 amide bonds. The van der Waals surface area contributed by atoms with E-state index in [-0.39, 0.29) is 0 Å². The monoisotopic (exact) mass is 237 g/mol. The number of rotatable bonds is 5. The number of aryl methyl sites for hydroxylation is 1. The van der Waals surface area contributed by atoms with Crippen molar-refractivity contribution in [1.29, 1.82) is 0 Å². The van der Waals surface area contributed by atoms with E-state index in [1.54, 1.807) is 0 Å². The third-order valence-corrected chi connectivity index (χ3v) is 2.81. The molecule has 1 aromatic rings. The fraction of sp³-hybridized carbons (Fsp3) is 0.667. The van der Waals surface area contributed by atoms with E-state index >= 15 is 0 Å². The second-order valence-electron chi connectivity index (χ2n) is 4.89. The van der Waals surface area contributed by atoms with Crippen LogP contribution in [0.5, 0.6) is 0 Å². The smallest absolute Gasteiger partial charge is 0.145 e. The second kappa shape index (κ2) is 5.82. The average Bonchev–Trinajstić information content (AvgIpc) is 2.26. The van der Waals surface area contributed by atoms with Gasteiger partial charge < -0.3 is 10.3 Å². The number of nitrogens with zero attached hydrogens (tertiary/aromatic N) is 3. The molecule has 1 rings (SSSR count). The molecule has 3 N–H and O–H groups in total. The minimum Gasteiger partial charge on any atom is -0.357 e. The van der Waals surface area contributed by atoms with Crippen molar-refractivity contribution in [2.24, 2.45) is 11.8 Å². The van der Waals surface area contributed by atoms with Crippen LogP contribution in [0.4, 0.5) is 11.6 Å². The summed E-state index contributed by atoms with van der Waals surface area (Å²) in [5.41, 5.74) is 2.56. The quantitative estimate of drug-likeness (QED) is 0.605. The zero-order chi connectivity index (χ0) is 13.0. The normalized spacial score (nSPS) is 12.6. The summed E-state index contributed by atoms with van der Waals surface area (Å²) in [5, 5.41) is 0. The number of hydrogen-bond acceptors (Lipinski definition) is 5. The van der Waals surface area contributed by atoms with Crippen LogP contribution in [-0.2, 0) is 0 Å². The topological polar surface area (TPSA) is 67.1 Å². The SMILES string of the molecule is Cc1nc(NN)cc(N(C)C(C)CC(C)C)n1. The molecule has 1 atom stereocenters. The summed E-state index contributed by atoms with van der Waals surface area (Å²) in [6.45, 7) is 8.52. The van der Waals surface area contributed by atoms with Crippen LogP contribution in [0.15, 0.2) is 6.07 Å². The molecule has 1 heterocycles. The molecule has 0 aliphatic rings. The molecule has 0 bridgehead atoms. The molecule has 5 nitrogen and oxygen atoms in total. The standard InChI is InChI=1S/C12H23N5/c1-8(2)6-9(3)17(5)12-7-11(16-13)14-10(4)15-12/h7-9H,6,13H2,1-5H3,(H,14,15,16). The number of aromatic nitrogens is 2. The number of anilines is 2. The molecule has 0 saturated heterocycles. The van der Waals surface area contributed by atoms with E-state index in [1.807, 2.05) is 13.0 Å². The predicted molar refractivity (Wildman–Crippen MR) is 71.9 cm³/mol. The Morgan fingerprint density at radius 2 is 2.00 bits per heavy atom. The molecule has 0 aliphatic carbocycles. The lowest BCUT2D eigenvalue weighted by molar-refractivity contribution is 0.502. The first-order valence-electron chi connectivity index (χ1n) is 5.99. The van der Waals surface area contributed by atoms with Gasteiger partial charge in [0, 0.05) is 19.2 Å². The van der Waals surface area contributed by atoms with Gasteiger partial charge in [0.15, 0.2) is 0 Å². The molecular formula is C12H23N5. The van der Waals surface area contributed by atoms with Crippen molar-refractivity contribution in [2.75, 3.05) is 17.4 Å². The van der Waals surface area contributed by atoms with Gasteiger partial charge in [-0.3, -0.25) is 0 Å². The van der Waals surface area contributed by atoms with Crippen LogP contribution in [0.1, 0.15) is 33.0 Å². The van der Waals surface area contributed by atoms with E-state index in [0.29, 0.717) is 17.8 Å². The summed E-state index contributed by atoms with van der Waals surface area (Å²) in [5.74, 6) is 8.33. The Morgan fingerprint density at radius 3 is 2.53 bits per heavy atom. The van der Waals surface area contributed by atoms with Gasteiger partial charge in [0.2, 0.25) is 0 Å². The van der Waals surface area contributed by atoms with Gasteiger partial charge in [0.05, 0.1) is 0 Å². The summed E-state index contributed by atoms with van der Waals surface area (Å²) < 4.78 is 0. The van der Waals surface area contributed by atoms with Crippen molar-refractivity contribution in [2.45, 2.75) is 40.2 Å². The highest BCUT2D eigenvalue weighted by atomic mass is 15.3. The van der Waals surface area contributed by atoms with Crippen LogP contribution in [0.3, 0.4) is 0 Å². The highest BCUT2D eigenvalue weighted by Gasteiger charge is 2.14. The molecule has 0 radical (unpaired) electrons. The zero-order valence-corrected chi connectivity index (χ0v) is 11.4. The van der Waals surface area contributed by atoms with Gasteiger partial charge in [0.25, 0.3) is 0 Å². The van der Waals surface area contributed by atoms with Gasteiger partial charge in [-0.05, 0) is 26.2 Å². The zero-order valence-electron chi connectivity index (χ0n) is 11.4. The van der Waals surface area contributed by atoms with Crippen LogP contribution in [-0.4, -0.2) is 23.1 Å². The van der Waals surface area contributed by atoms with Crippen molar-refractivity contribution < 1.29 is 0 Å². The summed E-state index contributed by atoms with van der Waals surface area (Å²) in [4.78, 5) is 10.8. The third kappa shape index (κ3) is 3.85. The molecule has 0 aromatic carbocycles. The van der Waals surface area contributed by atoms with Crippen molar-refractivity contribution in [3.8, 4) is 0 Å². The number of nitrogen functional groups attached to an aromatic ring is 1. The van der Waals surface area contributed by atoms with Gasteiger partial charge in [-0.2, -0.15) is 0 Å². The number of hydrogen-bond donors (Lipinski definition) is 2. The highest BCUT2D eigenvalue weighted by Crippen LogP contribution is 2.19. The van der Waals surface area contributed by atoms with E-state index in [0.717, 1.165) is 18.1 Å². The van der Waals surface area contributed by atoms with E-state index in [9.17, 15) is 0 Å². The molecule has 96 valence electrons. The lowest BCUT2D eigenvalue weighted by Gasteiger charge is -2.27. The Labute approximate surface area is 103 Å². The number of nitrogens with two attached hydrogens (primary N) is 1. The Balaban J connectivity index is 2.87. The van der Waals surface area contributed by atoms with Crippen LogP contribution in [0.2, 0.25) is 0 Å². The molecular weight excluding hydrogens is 214 g/mol. The summed E-state index contributed by atoms with van der Waals surface area (Å²) in [6, 6.07) is 2.30. The summed E-state index contributed by atoms with van der Waals surface area (Å²) >= 11 is 0. The van der Waals surface area contributed by atoms with Gasteiger partial charge in [-0.15, -0.1) is 0 Å². The Kier molecular flexibility index (Phi) is 4.69. The minimum atomic E-state index is 0.440. The molecule has 17 heavy (non-hydrogen) atoms. The van der Waals surface area contributed by atoms with Gasteiger partial charge >= 0.3 is 0 Å². The van der Waals surface area contributed by atoms with Crippen LogP contribution < -0.4 is 16.2 Å². The summed E-state index contributed by atoms with van der Waals surface area (Å²) in [7, 11) is 2.05. The first-order valence-corrected chi connectivity index (χ1v) is 5.99. The first-order chi connectivity index (χ1) is 7.93. The lowest BCUT2D eigenvalue weighted by atomic mass is 10.0. The molecule has 0 spiro atoms. The van der Waals surface area contributed by atoms with Gasteiger partial charge in [-0.1, -0.05) is 13.8 Å². The van der Waals surface area contributed by atoms with Crippen molar-refractivity contribution in [3.05, 3.63) is 11.9 Å². The largest absolute Gasteiger partial charge is 0.357 e. The minimum absolute atomic E-state index is 0.440. The van der Waals surface area contributed by atoms with E-state index in [1.165, 1.54) is 0 Å². The van der Waals surface area contributed by atoms with Crippen LogP contribution >= 0.6 is 0 Å². The van der Waals surface area contributed by atoms with Crippen LogP contribution in [0, 0.1) is 12.8 Å². The third-order valence-electron chi connectivity index (χ3n) is 2.81. The fourth-order valence-corrected chi connectivity index (χ4v) is 1.87. The maximum atomic E-state index is 5.39. The molecule has 1 aromatic heterocycles. The number of hydrazine groups is 1. The van der Waals surface area contributed by atoms with Crippen LogP contribution in [0.25, 0.3) is 0 Å². The molecule has 0 fully saturated rings. The predicted octanol–water partition coefficient (Wildman–Crippen LogP) is 1.94. The molecule has 0 saturated carbocycles. The van der Waals surface area contributed by atoms with Gasteiger partial charge in [0.1, 0.15) is 17.5 Å². The number of nitrogens with one attached hydrogen (secondary N) is 1. The van der Waals surface area contributed by atoms with Crippen molar-refractivity contribution in [3.63, 3.8) is 0 Å². The molecule has 5 heteroatoms. The molecule has 1 unspecified atom stereocenters. The Morgan fingerprint density at radius 1 is 1.35 bits per heavy atom. The van der Waals surface area contributed by atoms with E-state index in [4.69, 9.17) is 5.84 Å². The Hall–Kier alpha value is -1.36. The lowest BCUT2D eigenvalue weighted by Crippen LogP contribution is -2.31. The van der Waals surface area contributed by atoms with Crippen molar-refractivity contribution >= 4 is 11.6 Å². The van der Waals surface area contributed by atoms with Crippen molar-refractivity contribution in [1.82, 2.24) is 9.97 Å². The van der Waals surface area contributed by atoms with Gasteiger partial charge in [-0.25, -0.2) is 15.8 Å². The van der Waals surface area contributed by atoms with E-state index < -0.39 is 0 Å². The molecule has 0 aliphatic heterocycles. The first kappa shape index (κ1) is 13.7. The summed E-state index contributed by atoms with van der Waals surface area (Å²) in [6.07, 6.45) is 1.13. The average molecular weight is 237 g/mol. The maximum Gasteiger partial charge on any atom is 0.145 e. The Bertz CT molecular complexity index is 364. The van der Waals surface area contributed by atoms with E-state index in [2.05, 4.69) is 48.1 Å². The maximum absolute atomic E-state index is 5.39. The second-order valence-corrected chi connectivity index (χ2v) is 4.89.